The number of aromatic nitrogens is 1. The van der Waals surface area contributed by atoms with E-state index in [1.165, 1.54) is 23.5 Å². The second-order valence-electron chi connectivity index (χ2n) is 4.75. The molecule has 110 valence electrons. The van der Waals surface area contributed by atoms with Crippen LogP contribution in [0.5, 0.6) is 0 Å². The number of nitrogens with one attached hydrogen (secondary N) is 1. The van der Waals surface area contributed by atoms with Crippen molar-refractivity contribution in [1.29, 1.82) is 0 Å². The minimum absolute atomic E-state index is 0.00700. The smallest absolute Gasteiger partial charge is 0.270 e. The lowest BCUT2D eigenvalue weighted by atomic mass is 10.1. The van der Waals surface area contributed by atoms with E-state index in [1.54, 1.807) is 18.2 Å². The Morgan fingerprint density at radius 3 is 2.64 bits per heavy atom. The maximum atomic E-state index is 12.1. The summed E-state index contributed by atoms with van der Waals surface area (Å²) in [5.41, 5.74) is 2.24. The SMILES string of the molecule is Cc1ccc(C(=O)Nc2nc3ccc([N+](=O)[O-])cc3s2)cc1. The Morgan fingerprint density at radius 1 is 1.23 bits per heavy atom. The third-order valence-corrected chi connectivity index (χ3v) is 4.05. The molecule has 0 spiro atoms. The van der Waals surface area contributed by atoms with Gasteiger partial charge in [-0.05, 0) is 25.1 Å². The van der Waals surface area contributed by atoms with Crippen LogP contribution in [0.15, 0.2) is 42.5 Å². The Kier molecular flexibility index (Phi) is 3.56. The van der Waals surface area contributed by atoms with Crippen molar-refractivity contribution in [2.24, 2.45) is 0 Å². The van der Waals surface area contributed by atoms with Crippen molar-refractivity contribution in [1.82, 2.24) is 4.98 Å². The zero-order valence-electron chi connectivity index (χ0n) is 11.6. The molecule has 0 unspecified atom stereocenters. The zero-order valence-corrected chi connectivity index (χ0v) is 12.4. The van der Waals surface area contributed by atoms with Gasteiger partial charge in [-0.25, -0.2) is 4.98 Å². The number of hydrogen-bond acceptors (Lipinski definition) is 5. The first-order valence-electron chi connectivity index (χ1n) is 6.46. The second-order valence-corrected chi connectivity index (χ2v) is 5.78. The van der Waals surface area contributed by atoms with Gasteiger partial charge in [-0.2, -0.15) is 0 Å². The third kappa shape index (κ3) is 2.79. The van der Waals surface area contributed by atoms with E-state index < -0.39 is 4.92 Å². The number of nitrogens with zero attached hydrogens (tertiary/aromatic N) is 2. The Labute approximate surface area is 129 Å². The van der Waals surface area contributed by atoms with Crippen LogP contribution in [0.3, 0.4) is 0 Å². The molecule has 1 heterocycles. The number of fused-ring (bicyclic) bond motifs is 1. The number of anilines is 1. The van der Waals surface area contributed by atoms with Gasteiger partial charge in [-0.15, -0.1) is 0 Å². The van der Waals surface area contributed by atoms with Crippen LogP contribution in [0, 0.1) is 17.0 Å². The lowest BCUT2D eigenvalue weighted by Gasteiger charge is -2.01. The highest BCUT2D eigenvalue weighted by Crippen LogP contribution is 2.29. The molecule has 6 nitrogen and oxygen atoms in total. The normalized spacial score (nSPS) is 10.6. The number of thiazole rings is 1. The highest BCUT2D eigenvalue weighted by molar-refractivity contribution is 7.22. The molecule has 0 fully saturated rings. The van der Waals surface area contributed by atoms with Gasteiger partial charge in [0.2, 0.25) is 0 Å². The van der Waals surface area contributed by atoms with Gasteiger partial charge in [0, 0.05) is 17.7 Å². The number of carbonyl (C=O) groups is 1. The molecule has 0 atom stereocenters. The molecular weight excluding hydrogens is 302 g/mol. The zero-order chi connectivity index (χ0) is 15.7. The summed E-state index contributed by atoms with van der Waals surface area (Å²) in [6.45, 7) is 1.95. The number of carbonyl (C=O) groups excluding carboxylic acids is 1. The number of aryl methyl sites for hydroxylation is 1. The highest BCUT2D eigenvalue weighted by atomic mass is 32.1. The molecule has 3 aromatic rings. The molecule has 1 N–H and O–H groups in total. The van der Waals surface area contributed by atoms with Crippen LogP contribution in [-0.4, -0.2) is 15.8 Å². The Hall–Kier alpha value is -2.80. The molecule has 0 saturated carbocycles. The fourth-order valence-corrected chi connectivity index (χ4v) is 2.85. The molecule has 0 radical (unpaired) electrons. The predicted molar refractivity (Wildman–Crippen MR) is 85.4 cm³/mol. The summed E-state index contributed by atoms with van der Waals surface area (Å²) >= 11 is 1.21. The largest absolute Gasteiger partial charge is 0.298 e. The summed E-state index contributed by atoms with van der Waals surface area (Å²) in [6.07, 6.45) is 0. The van der Waals surface area contributed by atoms with E-state index in [0.717, 1.165) is 5.56 Å². The Balaban J connectivity index is 1.86. The topological polar surface area (TPSA) is 85.1 Å². The van der Waals surface area contributed by atoms with Gasteiger partial charge in [0.1, 0.15) is 0 Å². The molecule has 0 bridgehead atoms. The average Bonchev–Trinajstić information content (AvgIpc) is 2.88. The van der Waals surface area contributed by atoms with Crippen LogP contribution in [0.1, 0.15) is 15.9 Å². The van der Waals surface area contributed by atoms with E-state index in [4.69, 9.17) is 0 Å². The molecule has 22 heavy (non-hydrogen) atoms. The van der Waals surface area contributed by atoms with E-state index >= 15 is 0 Å². The van der Waals surface area contributed by atoms with E-state index in [0.29, 0.717) is 20.9 Å². The number of benzene rings is 2. The fraction of sp³-hybridized carbons (Fsp3) is 0.0667. The molecule has 1 amide bonds. The van der Waals surface area contributed by atoms with Gasteiger partial charge < -0.3 is 0 Å². The number of hydrogen-bond donors (Lipinski definition) is 1. The third-order valence-electron chi connectivity index (χ3n) is 3.12. The van der Waals surface area contributed by atoms with Crippen LogP contribution in [0.25, 0.3) is 10.2 Å². The average molecular weight is 313 g/mol. The van der Waals surface area contributed by atoms with Gasteiger partial charge >= 0.3 is 0 Å². The van der Waals surface area contributed by atoms with E-state index in [9.17, 15) is 14.9 Å². The molecule has 0 saturated heterocycles. The first kappa shape index (κ1) is 14.2. The van der Waals surface area contributed by atoms with Crippen molar-refractivity contribution >= 4 is 38.3 Å². The molecule has 0 aliphatic carbocycles. The van der Waals surface area contributed by atoms with Crippen LogP contribution < -0.4 is 5.32 Å². The Morgan fingerprint density at radius 2 is 1.95 bits per heavy atom. The minimum Gasteiger partial charge on any atom is -0.298 e. The van der Waals surface area contributed by atoms with Crippen LogP contribution in [0.4, 0.5) is 10.8 Å². The summed E-state index contributed by atoms with van der Waals surface area (Å²) in [7, 11) is 0. The number of amides is 1. The number of nitro benzene ring substituents is 1. The van der Waals surface area contributed by atoms with Crippen LogP contribution >= 0.6 is 11.3 Å². The number of nitro groups is 1. The van der Waals surface area contributed by atoms with E-state index in [-0.39, 0.29) is 11.6 Å². The van der Waals surface area contributed by atoms with Gasteiger partial charge in [0.25, 0.3) is 11.6 Å². The molecule has 7 heteroatoms. The van der Waals surface area contributed by atoms with Gasteiger partial charge in [-0.1, -0.05) is 29.0 Å². The van der Waals surface area contributed by atoms with Crippen molar-refractivity contribution in [3.05, 3.63) is 63.7 Å². The molecule has 3 rings (SSSR count). The summed E-state index contributed by atoms with van der Waals surface area (Å²) in [4.78, 5) is 26.7. The van der Waals surface area contributed by atoms with Crippen molar-refractivity contribution in [2.75, 3.05) is 5.32 Å². The molecule has 0 aliphatic rings. The Bertz CT molecular complexity index is 871. The van der Waals surface area contributed by atoms with Crippen LogP contribution in [-0.2, 0) is 0 Å². The minimum atomic E-state index is -0.455. The van der Waals surface area contributed by atoms with Crippen LogP contribution in [0.2, 0.25) is 0 Å². The highest BCUT2D eigenvalue weighted by Gasteiger charge is 2.12. The second kappa shape index (κ2) is 5.53. The maximum absolute atomic E-state index is 12.1. The standard InChI is InChI=1S/C15H11N3O3S/c1-9-2-4-10(5-3-9)14(19)17-15-16-12-7-6-11(18(20)21)8-13(12)22-15/h2-8H,1H3,(H,16,17,19). The lowest BCUT2D eigenvalue weighted by molar-refractivity contribution is -0.384. The van der Waals surface area contributed by atoms with Gasteiger partial charge in [-0.3, -0.25) is 20.2 Å². The number of rotatable bonds is 3. The van der Waals surface area contributed by atoms with Crippen molar-refractivity contribution < 1.29 is 9.72 Å². The summed E-state index contributed by atoms with van der Waals surface area (Å²) in [5.74, 6) is -0.256. The molecule has 1 aromatic heterocycles. The molecule has 2 aromatic carbocycles. The summed E-state index contributed by atoms with van der Waals surface area (Å²) in [6, 6.07) is 11.6. The first-order valence-corrected chi connectivity index (χ1v) is 7.27. The lowest BCUT2D eigenvalue weighted by Crippen LogP contribution is -2.11. The monoisotopic (exact) mass is 313 g/mol. The van der Waals surface area contributed by atoms with E-state index in [1.807, 2.05) is 19.1 Å². The van der Waals surface area contributed by atoms with E-state index in [2.05, 4.69) is 10.3 Å². The maximum Gasteiger partial charge on any atom is 0.270 e. The van der Waals surface area contributed by atoms with Crippen molar-refractivity contribution in [3.8, 4) is 0 Å². The number of non-ortho nitro benzene ring substituents is 1. The van der Waals surface area contributed by atoms with Crippen molar-refractivity contribution in [3.63, 3.8) is 0 Å². The first-order chi connectivity index (χ1) is 10.5. The molecule has 0 aliphatic heterocycles. The van der Waals surface area contributed by atoms with Gasteiger partial charge in [0.15, 0.2) is 5.13 Å². The summed E-state index contributed by atoms with van der Waals surface area (Å²) < 4.78 is 0.661. The quantitative estimate of drug-likeness (QED) is 0.589. The predicted octanol–water partition coefficient (Wildman–Crippen LogP) is 3.77. The fourth-order valence-electron chi connectivity index (χ4n) is 1.95. The molecular formula is C15H11N3O3S. The van der Waals surface area contributed by atoms with Gasteiger partial charge in [0.05, 0.1) is 15.1 Å². The van der Waals surface area contributed by atoms with Crippen molar-refractivity contribution in [2.45, 2.75) is 6.92 Å². The summed E-state index contributed by atoms with van der Waals surface area (Å²) in [5, 5.41) is 13.9.